The summed E-state index contributed by atoms with van der Waals surface area (Å²) in [6, 6.07) is 4.44. The molecule has 3 atom stereocenters. The van der Waals surface area contributed by atoms with E-state index in [1.165, 1.54) is 17.0 Å². The first-order valence-electron chi connectivity index (χ1n) is 11.5. The largest absolute Gasteiger partial charge is 0.508 e. The average molecular weight is 464 g/mol. The van der Waals surface area contributed by atoms with Crippen molar-refractivity contribution in [3.05, 3.63) is 29.8 Å². The lowest BCUT2D eigenvalue weighted by molar-refractivity contribution is -0.143. The Labute approximate surface area is 198 Å². The number of amides is 3. The number of hydrogen-bond donors (Lipinski definition) is 3. The van der Waals surface area contributed by atoms with Crippen LogP contribution in [0, 0.1) is 5.92 Å². The summed E-state index contributed by atoms with van der Waals surface area (Å²) in [6.45, 7) is 16.6. The zero-order valence-electron chi connectivity index (χ0n) is 21.5. The molecule has 33 heavy (non-hydrogen) atoms. The number of phenolic OH excluding ortho intramolecular Hbond substituents is 1. The summed E-state index contributed by atoms with van der Waals surface area (Å²) < 4.78 is 5.37. The van der Waals surface area contributed by atoms with E-state index >= 15 is 0 Å². The first kappa shape index (κ1) is 28.3. The maximum absolute atomic E-state index is 13.8. The number of carbonyl (C=O) groups is 3. The normalized spacial score (nSPS) is 14.6. The predicted molar refractivity (Wildman–Crippen MR) is 129 cm³/mol. The second kappa shape index (κ2) is 11.4. The van der Waals surface area contributed by atoms with E-state index in [1.54, 1.807) is 39.8 Å². The summed E-state index contributed by atoms with van der Waals surface area (Å²) in [7, 11) is 0. The molecule has 0 aliphatic carbocycles. The molecular weight excluding hydrogens is 422 g/mol. The summed E-state index contributed by atoms with van der Waals surface area (Å²) in [5.74, 6) is -0.969. The van der Waals surface area contributed by atoms with Gasteiger partial charge in [-0.15, -0.1) is 0 Å². The van der Waals surface area contributed by atoms with Crippen molar-refractivity contribution >= 4 is 17.9 Å². The molecule has 8 nitrogen and oxygen atoms in total. The number of benzene rings is 1. The van der Waals surface area contributed by atoms with Gasteiger partial charge in [-0.1, -0.05) is 32.4 Å². The highest BCUT2D eigenvalue weighted by Crippen LogP contribution is 2.27. The fourth-order valence-electron chi connectivity index (χ4n) is 3.37. The Hall–Kier alpha value is -2.77. The van der Waals surface area contributed by atoms with Crippen molar-refractivity contribution in [2.45, 2.75) is 92.0 Å². The minimum Gasteiger partial charge on any atom is -0.508 e. The number of aromatic hydroxyl groups is 1. The number of carbonyl (C=O) groups excluding carboxylic acids is 3. The van der Waals surface area contributed by atoms with Gasteiger partial charge in [0, 0.05) is 12.1 Å². The predicted octanol–water partition coefficient (Wildman–Crippen LogP) is 4.14. The van der Waals surface area contributed by atoms with Crippen LogP contribution in [0.2, 0.25) is 0 Å². The molecule has 8 heteroatoms. The van der Waals surface area contributed by atoms with Gasteiger partial charge < -0.3 is 25.4 Å². The number of phenols is 1. The standard InChI is InChI=1S/C25H41N3O5/c1-10-16(3)19(26-23(32)33-25(7,8)9)22(31)28(11-2)20(21(30)27-24(4,5)6)17-13-12-14-18(29)15-17/h12-16,19-20,29H,10-11H2,1-9H3,(H,26,32)(H,27,30). The second-order valence-electron chi connectivity index (χ2n) is 10.4. The Morgan fingerprint density at radius 1 is 1.09 bits per heavy atom. The van der Waals surface area contributed by atoms with Crippen LogP contribution in [0.3, 0.4) is 0 Å². The van der Waals surface area contributed by atoms with E-state index in [9.17, 15) is 19.5 Å². The Morgan fingerprint density at radius 2 is 1.70 bits per heavy atom. The molecule has 0 saturated heterocycles. The lowest BCUT2D eigenvalue weighted by Crippen LogP contribution is -2.56. The quantitative estimate of drug-likeness (QED) is 0.537. The van der Waals surface area contributed by atoms with E-state index in [-0.39, 0.29) is 24.1 Å². The summed E-state index contributed by atoms with van der Waals surface area (Å²) in [5, 5.41) is 15.7. The smallest absolute Gasteiger partial charge is 0.408 e. The van der Waals surface area contributed by atoms with Crippen molar-refractivity contribution in [2.75, 3.05) is 6.54 Å². The molecule has 0 aromatic heterocycles. The van der Waals surface area contributed by atoms with Gasteiger partial charge in [0.15, 0.2) is 0 Å². The number of nitrogens with zero attached hydrogens (tertiary/aromatic N) is 1. The third kappa shape index (κ3) is 8.94. The summed E-state index contributed by atoms with van der Waals surface area (Å²) in [5.41, 5.74) is -0.763. The zero-order valence-corrected chi connectivity index (χ0v) is 21.5. The van der Waals surface area contributed by atoms with Crippen molar-refractivity contribution in [1.82, 2.24) is 15.5 Å². The second-order valence-corrected chi connectivity index (χ2v) is 10.4. The minimum absolute atomic E-state index is 0.00471. The molecule has 1 aromatic rings. The minimum atomic E-state index is -0.985. The van der Waals surface area contributed by atoms with Crippen LogP contribution in [0.4, 0.5) is 4.79 Å². The molecular formula is C25H41N3O5. The maximum Gasteiger partial charge on any atom is 0.408 e. The number of nitrogens with one attached hydrogen (secondary N) is 2. The number of hydrogen-bond acceptors (Lipinski definition) is 5. The first-order valence-corrected chi connectivity index (χ1v) is 11.5. The highest BCUT2D eigenvalue weighted by atomic mass is 16.6. The third-order valence-corrected chi connectivity index (χ3v) is 5.02. The molecule has 0 bridgehead atoms. The number of alkyl carbamates (subject to hydrolysis) is 1. The van der Waals surface area contributed by atoms with E-state index in [1.807, 2.05) is 34.6 Å². The highest BCUT2D eigenvalue weighted by Gasteiger charge is 2.38. The van der Waals surface area contributed by atoms with E-state index in [2.05, 4.69) is 10.6 Å². The molecule has 186 valence electrons. The fourth-order valence-corrected chi connectivity index (χ4v) is 3.37. The van der Waals surface area contributed by atoms with E-state index in [0.717, 1.165) is 0 Å². The van der Waals surface area contributed by atoms with Crippen LogP contribution in [-0.4, -0.2) is 51.6 Å². The van der Waals surface area contributed by atoms with Crippen molar-refractivity contribution < 1.29 is 24.2 Å². The topological polar surface area (TPSA) is 108 Å². The van der Waals surface area contributed by atoms with Crippen LogP contribution in [0.1, 0.15) is 80.3 Å². The van der Waals surface area contributed by atoms with Gasteiger partial charge in [-0.05, 0) is 72.1 Å². The SMILES string of the molecule is CCC(C)C(NC(=O)OC(C)(C)C)C(=O)N(CC)C(C(=O)NC(C)(C)C)c1cccc(O)c1. The van der Waals surface area contributed by atoms with Gasteiger partial charge in [-0.25, -0.2) is 4.79 Å². The van der Waals surface area contributed by atoms with Crippen LogP contribution >= 0.6 is 0 Å². The third-order valence-electron chi connectivity index (χ3n) is 5.02. The fraction of sp³-hybridized carbons (Fsp3) is 0.640. The molecule has 0 aliphatic rings. The summed E-state index contributed by atoms with van der Waals surface area (Å²) >= 11 is 0. The van der Waals surface area contributed by atoms with Gasteiger partial charge in [0.2, 0.25) is 11.8 Å². The lowest BCUT2D eigenvalue weighted by Gasteiger charge is -2.36. The molecule has 0 fully saturated rings. The van der Waals surface area contributed by atoms with Gasteiger partial charge in [-0.3, -0.25) is 9.59 Å². The van der Waals surface area contributed by atoms with Crippen LogP contribution in [0.15, 0.2) is 24.3 Å². The lowest BCUT2D eigenvalue weighted by atomic mass is 9.95. The van der Waals surface area contributed by atoms with Crippen molar-refractivity contribution in [3.63, 3.8) is 0 Å². The van der Waals surface area contributed by atoms with Gasteiger partial charge in [0.25, 0.3) is 0 Å². The van der Waals surface area contributed by atoms with E-state index in [4.69, 9.17) is 4.74 Å². The van der Waals surface area contributed by atoms with E-state index in [0.29, 0.717) is 12.0 Å². The van der Waals surface area contributed by atoms with Crippen molar-refractivity contribution in [1.29, 1.82) is 0 Å². The van der Waals surface area contributed by atoms with Crippen molar-refractivity contribution in [2.24, 2.45) is 5.92 Å². The monoisotopic (exact) mass is 463 g/mol. The maximum atomic E-state index is 13.8. The molecule has 0 aliphatic heterocycles. The molecule has 1 rings (SSSR count). The molecule has 3 amide bonds. The highest BCUT2D eigenvalue weighted by molar-refractivity contribution is 5.92. The molecule has 0 saturated carbocycles. The number of ether oxygens (including phenoxy) is 1. The van der Waals surface area contributed by atoms with Gasteiger partial charge in [0.1, 0.15) is 23.4 Å². The van der Waals surface area contributed by atoms with E-state index < -0.39 is 35.2 Å². The summed E-state index contributed by atoms with van der Waals surface area (Å²) in [4.78, 5) is 41.0. The zero-order chi connectivity index (χ0) is 25.6. The van der Waals surface area contributed by atoms with Crippen LogP contribution < -0.4 is 10.6 Å². The molecule has 3 N–H and O–H groups in total. The molecule has 1 aromatic carbocycles. The number of likely N-dealkylation sites (N-methyl/N-ethyl adjacent to an activating group) is 1. The molecule has 3 unspecified atom stereocenters. The molecule has 0 spiro atoms. The number of rotatable bonds is 8. The Morgan fingerprint density at radius 3 is 2.15 bits per heavy atom. The first-order chi connectivity index (χ1) is 15.1. The van der Waals surface area contributed by atoms with Crippen LogP contribution in [0.5, 0.6) is 5.75 Å². The van der Waals surface area contributed by atoms with Crippen LogP contribution in [-0.2, 0) is 14.3 Å². The molecule has 0 radical (unpaired) electrons. The Balaban J connectivity index is 3.41. The van der Waals surface area contributed by atoms with Crippen molar-refractivity contribution in [3.8, 4) is 5.75 Å². The average Bonchev–Trinajstić information content (AvgIpc) is 2.66. The van der Waals surface area contributed by atoms with Crippen LogP contribution in [0.25, 0.3) is 0 Å². The van der Waals surface area contributed by atoms with Gasteiger partial charge in [-0.2, -0.15) is 0 Å². The Bertz CT molecular complexity index is 826. The van der Waals surface area contributed by atoms with Gasteiger partial charge >= 0.3 is 6.09 Å². The Kier molecular flexibility index (Phi) is 9.75. The molecule has 0 heterocycles. The van der Waals surface area contributed by atoms with Gasteiger partial charge in [0.05, 0.1) is 0 Å². The summed E-state index contributed by atoms with van der Waals surface area (Å²) in [6.07, 6.45) is -0.0559.